The van der Waals surface area contributed by atoms with Gasteiger partial charge in [-0.15, -0.1) is 0 Å². The third kappa shape index (κ3) is 4.03. The molecule has 2 N–H and O–H groups in total. The Kier molecular flexibility index (Phi) is 5.64. The fourth-order valence-electron chi connectivity index (χ4n) is 2.25. The van der Waals surface area contributed by atoms with Crippen molar-refractivity contribution in [3.8, 4) is 0 Å². The first-order chi connectivity index (χ1) is 10.9. The number of rotatable bonds is 4. The molecule has 23 heavy (non-hydrogen) atoms. The van der Waals surface area contributed by atoms with Crippen LogP contribution in [0.3, 0.4) is 0 Å². The maximum atomic E-state index is 12.3. The summed E-state index contributed by atoms with van der Waals surface area (Å²) in [4.78, 5) is 24.3. The number of hydrogen-bond acceptors (Lipinski definition) is 2. The number of carbonyl (C=O) groups excluding carboxylic acids is 2. The maximum absolute atomic E-state index is 12.3. The Bertz CT molecular complexity index is 740. The van der Waals surface area contributed by atoms with E-state index in [1.807, 2.05) is 13.0 Å². The lowest BCUT2D eigenvalue weighted by Gasteiger charge is -2.13. The first kappa shape index (κ1) is 17.3. The van der Waals surface area contributed by atoms with Gasteiger partial charge in [0.25, 0.3) is 5.91 Å². The first-order valence-corrected chi connectivity index (χ1v) is 7.74. The molecule has 0 aliphatic carbocycles. The zero-order valence-corrected chi connectivity index (χ0v) is 14.3. The van der Waals surface area contributed by atoms with Crippen molar-refractivity contribution in [2.24, 2.45) is 0 Å². The maximum Gasteiger partial charge on any atom is 0.253 e. The third-order valence-electron chi connectivity index (χ3n) is 3.40. The molecule has 2 rings (SSSR count). The second-order valence-electron chi connectivity index (χ2n) is 5.00. The highest BCUT2D eigenvalue weighted by Crippen LogP contribution is 2.25. The van der Waals surface area contributed by atoms with Gasteiger partial charge in [-0.25, -0.2) is 0 Å². The second kappa shape index (κ2) is 7.49. The van der Waals surface area contributed by atoms with Crippen LogP contribution in [0.15, 0.2) is 36.4 Å². The van der Waals surface area contributed by atoms with Gasteiger partial charge in [0.15, 0.2) is 0 Å². The summed E-state index contributed by atoms with van der Waals surface area (Å²) in [6.07, 6.45) is 0.0274. The second-order valence-corrected chi connectivity index (χ2v) is 5.82. The van der Waals surface area contributed by atoms with E-state index in [1.165, 1.54) is 0 Å². The van der Waals surface area contributed by atoms with E-state index in [0.29, 0.717) is 26.9 Å². The molecule has 0 radical (unpaired) electrons. The highest BCUT2D eigenvalue weighted by molar-refractivity contribution is 6.36. The van der Waals surface area contributed by atoms with Gasteiger partial charge in [0.05, 0.1) is 17.7 Å². The Balaban J connectivity index is 2.25. The van der Waals surface area contributed by atoms with Crippen molar-refractivity contribution < 1.29 is 9.59 Å². The number of aryl methyl sites for hydroxylation is 1. The van der Waals surface area contributed by atoms with Gasteiger partial charge in [0.2, 0.25) is 5.91 Å². The van der Waals surface area contributed by atoms with E-state index >= 15 is 0 Å². The van der Waals surface area contributed by atoms with Crippen LogP contribution in [0.5, 0.6) is 0 Å². The number of benzene rings is 2. The predicted molar refractivity (Wildman–Crippen MR) is 93.4 cm³/mol. The Hall–Kier alpha value is -2.04. The van der Waals surface area contributed by atoms with Crippen molar-refractivity contribution in [3.63, 3.8) is 0 Å². The molecule has 0 aromatic heterocycles. The van der Waals surface area contributed by atoms with Gasteiger partial charge in [-0.3, -0.25) is 9.59 Å². The summed E-state index contributed by atoms with van der Waals surface area (Å²) in [5, 5.41) is 6.19. The number of anilines is 1. The molecule has 0 aliphatic rings. The van der Waals surface area contributed by atoms with Crippen LogP contribution in [0.25, 0.3) is 0 Å². The highest BCUT2D eigenvalue weighted by atomic mass is 35.5. The normalized spacial score (nSPS) is 10.3. The average Bonchev–Trinajstić information content (AvgIpc) is 2.50. The van der Waals surface area contributed by atoms with Gasteiger partial charge >= 0.3 is 0 Å². The van der Waals surface area contributed by atoms with E-state index in [9.17, 15) is 9.59 Å². The molecule has 4 nitrogen and oxygen atoms in total. The quantitative estimate of drug-likeness (QED) is 0.879. The summed E-state index contributed by atoms with van der Waals surface area (Å²) in [5.74, 6) is -0.551. The molecule has 0 spiro atoms. The van der Waals surface area contributed by atoms with Crippen LogP contribution < -0.4 is 10.6 Å². The molecule has 0 saturated carbocycles. The highest BCUT2D eigenvalue weighted by Gasteiger charge is 2.16. The molecular weight excluding hydrogens is 335 g/mol. The monoisotopic (exact) mass is 350 g/mol. The number of hydrogen-bond donors (Lipinski definition) is 2. The zero-order chi connectivity index (χ0) is 17.0. The van der Waals surface area contributed by atoms with Gasteiger partial charge < -0.3 is 10.6 Å². The molecule has 0 atom stereocenters. The first-order valence-electron chi connectivity index (χ1n) is 6.98. The summed E-state index contributed by atoms with van der Waals surface area (Å²) in [6.45, 7) is 1.81. The number of halogens is 2. The smallest absolute Gasteiger partial charge is 0.253 e. The van der Waals surface area contributed by atoms with Crippen molar-refractivity contribution in [1.29, 1.82) is 0 Å². The molecular formula is C17H16Cl2N2O2. The van der Waals surface area contributed by atoms with Gasteiger partial charge in [-0.1, -0.05) is 41.4 Å². The van der Waals surface area contributed by atoms with E-state index < -0.39 is 0 Å². The molecule has 2 amide bonds. The Morgan fingerprint density at radius 2 is 1.65 bits per heavy atom. The standard InChI is InChI=1S/C17H16Cl2N2O2/c1-10-5-3-8-14(16(10)17(23)20-2)21-15(22)9-11-12(18)6-4-7-13(11)19/h3-8H,9H2,1-2H3,(H,20,23)(H,21,22). The minimum absolute atomic E-state index is 0.0274. The molecule has 6 heteroatoms. The topological polar surface area (TPSA) is 58.2 Å². The predicted octanol–water partition coefficient (Wildman–Crippen LogP) is 3.84. The average molecular weight is 351 g/mol. The van der Waals surface area contributed by atoms with Gasteiger partial charge in [-0.2, -0.15) is 0 Å². The summed E-state index contributed by atoms with van der Waals surface area (Å²) in [7, 11) is 1.55. The van der Waals surface area contributed by atoms with Crippen molar-refractivity contribution in [2.75, 3.05) is 12.4 Å². The minimum Gasteiger partial charge on any atom is -0.355 e. The van der Waals surface area contributed by atoms with Crippen molar-refractivity contribution in [1.82, 2.24) is 5.32 Å². The van der Waals surface area contributed by atoms with Crippen LogP contribution in [0.4, 0.5) is 5.69 Å². The molecule has 0 aliphatic heterocycles. The Labute approximate surface area is 144 Å². The van der Waals surface area contributed by atoms with Crippen LogP contribution in [-0.2, 0) is 11.2 Å². The molecule has 2 aromatic carbocycles. The molecule has 0 bridgehead atoms. The lowest BCUT2D eigenvalue weighted by atomic mass is 10.1. The Morgan fingerprint density at radius 1 is 1.04 bits per heavy atom. The van der Waals surface area contributed by atoms with Crippen LogP contribution in [-0.4, -0.2) is 18.9 Å². The van der Waals surface area contributed by atoms with E-state index in [4.69, 9.17) is 23.2 Å². The largest absolute Gasteiger partial charge is 0.355 e. The van der Waals surface area contributed by atoms with Crippen LogP contribution in [0.1, 0.15) is 21.5 Å². The zero-order valence-electron chi connectivity index (χ0n) is 12.7. The third-order valence-corrected chi connectivity index (χ3v) is 4.11. The van der Waals surface area contributed by atoms with Crippen LogP contribution in [0.2, 0.25) is 10.0 Å². The summed E-state index contributed by atoms with van der Waals surface area (Å²) < 4.78 is 0. The van der Waals surface area contributed by atoms with E-state index in [1.54, 1.807) is 37.4 Å². The van der Waals surface area contributed by atoms with Crippen molar-refractivity contribution in [2.45, 2.75) is 13.3 Å². The van der Waals surface area contributed by atoms with Gasteiger partial charge in [0.1, 0.15) is 0 Å². The molecule has 120 valence electrons. The van der Waals surface area contributed by atoms with Crippen molar-refractivity contribution in [3.05, 3.63) is 63.1 Å². The van der Waals surface area contributed by atoms with E-state index in [2.05, 4.69) is 10.6 Å². The van der Waals surface area contributed by atoms with E-state index in [-0.39, 0.29) is 18.2 Å². The number of nitrogens with one attached hydrogen (secondary N) is 2. The van der Waals surface area contributed by atoms with Gasteiger partial charge in [-0.05, 0) is 36.2 Å². The number of amides is 2. The SMILES string of the molecule is CNC(=O)c1c(C)cccc1NC(=O)Cc1c(Cl)cccc1Cl. The van der Waals surface area contributed by atoms with Crippen LogP contribution >= 0.6 is 23.2 Å². The lowest BCUT2D eigenvalue weighted by Crippen LogP contribution is -2.23. The Morgan fingerprint density at radius 3 is 2.26 bits per heavy atom. The van der Waals surface area contributed by atoms with Crippen molar-refractivity contribution >= 4 is 40.7 Å². The number of carbonyl (C=O) groups is 2. The summed E-state index contributed by atoms with van der Waals surface area (Å²) in [6, 6.07) is 10.3. The molecule has 0 heterocycles. The molecule has 2 aromatic rings. The van der Waals surface area contributed by atoms with Gasteiger partial charge in [0, 0.05) is 17.1 Å². The molecule has 0 unspecified atom stereocenters. The fourth-order valence-corrected chi connectivity index (χ4v) is 2.79. The van der Waals surface area contributed by atoms with E-state index in [0.717, 1.165) is 5.56 Å². The lowest BCUT2D eigenvalue weighted by molar-refractivity contribution is -0.115. The van der Waals surface area contributed by atoms with Crippen LogP contribution in [0, 0.1) is 6.92 Å². The summed E-state index contributed by atoms with van der Waals surface area (Å²) >= 11 is 12.2. The molecule has 0 saturated heterocycles. The summed E-state index contributed by atoms with van der Waals surface area (Å²) in [5.41, 5.74) is 2.23. The minimum atomic E-state index is -0.296. The molecule has 0 fully saturated rings. The fraction of sp³-hybridized carbons (Fsp3) is 0.176.